The van der Waals surface area contributed by atoms with Gasteiger partial charge in [0, 0.05) is 6.54 Å². The second-order valence-electron chi connectivity index (χ2n) is 6.26. The predicted octanol–water partition coefficient (Wildman–Crippen LogP) is 5.56. The zero-order chi connectivity index (χ0) is 16.4. The van der Waals surface area contributed by atoms with Gasteiger partial charge in [0.05, 0.1) is 0 Å². The molecule has 0 bridgehead atoms. The minimum Gasteiger partial charge on any atom is -0.313 e. The van der Waals surface area contributed by atoms with Crippen molar-refractivity contribution in [2.45, 2.75) is 13.0 Å². The maximum absolute atomic E-state index is 4.25. The van der Waals surface area contributed by atoms with Crippen molar-refractivity contribution in [3.8, 4) is 0 Å². The van der Waals surface area contributed by atoms with Crippen LogP contribution in [0.1, 0.15) is 12.0 Å². The van der Waals surface area contributed by atoms with Crippen molar-refractivity contribution < 1.29 is 0 Å². The second-order valence-corrected chi connectivity index (χ2v) is 6.70. The van der Waals surface area contributed by atoms with E-state index in [0.29, 0.717) is 0 Å². The van der Waals surface area contributed by atoms with E-state index in [0.717, 1.165) is 25.3 Å². The molecule has 24 heavy (non-hydrogen) atoms. The molecule has 0 unspecified atom stereocenters. The van der Waals surface area contributed by atoms with Crippen LogP contribution in [0.4, 0.5) is 0 Å². The first-order valence-corrected chi connectivity index (χ1v) is 9.15. The van der Waals surface area contributed by atoms with Gasteiger partial charge in [0.2, 0.25) is 0 Å². The van der Waals surface area contributed by atoms with Crippen LogP contribution in [0.5, 0.6) is 0 Å². The molecule has 0 amide bonds. The number of thiol groups is 1. The molecule has 4 rings (SSSR count). The fraction of sp³-hybridized carbons (Fsp3) is 0.182. The van der Waals surface area contributed by atoms with Crippen molar-refractivity contribution in [3.63, 3.8) is 0 Å². The van der Waals surface area contributed by atoms with E-state index in [1.165, 1.54) is 37.9 Å². The molecule has 0 atom stereocenters. The third-order valence-corrected chi connectivity index (χ3v) is 4.96. The first kappa shape index (κ1) is 15.5. The van der Waals surface area contributed by atoms with Crippen LogP contribution < -0.4 is 5.32 Å². The lowest BCUT2D eigenvalue weighted by Crippen LogP contribution is -2.14. The molecule has 120 valence electrons. The van der Waals surface area contributed by atoms with Gasteiger partial charge in [0.1, 0.15) is 0 Å². The Morgan fingerprint density at radius 1 is 0.708 bits per heavy atom. The average molecular weight is 331 g/mol. The highest BCUT2D eigenvalue weighted by molar-refractivity contribution is 7.80. The van der Waals surface area contributed by atoms with Crippen LogP contribution >= 0.6 is 12.6 Å². The molecular weight excluding hydrogens is 310 g/mol. The molecule has 0 aliphatic rings. The molecule has 0 heterocycles. The molecule has 0 spiro atoms. The molecule has 2 heteroatoms. The lowest BCUT2D eigenvalue weighted by Gasteiger charge is -2.10. The van der Waals surface area contributed by atoms with Gasteiger partial charge >= 0.3 is 0 Å². The van der Waals surface area contributed by atoms with Gasteiger partial charge in [-0.25, -0.2) is 0 Å². The Hall–Kier alpha value is -2.03. The maximum Gasteiger partial charge on any atom is 0.0205 e. The number of benzene rings is 4. The predicted molar refractivity (Wildman–Crippen MR) is 109 cm³/mol. The van der Waals surface area contributed by atoms with E-state index in [1.54, 1.807) is 0 Å². The third kappa shape index (κ3) is 2.88. The number of rotatable bonds is 5. The van der Waals surface area contributed by atoms with E-state index in [-0.39, 0.29) is 0 Å². The third-order valence-electron chi connectivity index (χ3n) is 4.65. The van der Waals surface area contributed by atoms with Gasteiger partial charge in [-0.3, -0.25) is 0 Å². The minimum absolute atomic E-state index is 0.916. The summed E-state index contributed by atoms with van der Waals surface area (Å²) in [5.41, 5.74) is 1.34. The number of hydrogen-bond acceptors (Lipinski definition) is 2. The van der Waals surface area contributed by atoms with E-state index in [4.69, 9.17) is 0 Å². The SMILES string of the molecule is SCCCNCc1ccc2c(ccc3c4ccccc4ccc23)c1. The Kier molecular flexibility index (Phi) is 4.42. The van der Waals surface area contributed by atoms with E-state index in [2.05, 4.69) is 84.7 Å². The van der Waals surface area contributed by atoms with Crippen molar-refractivity contribution in [1.29, 1.82) is 0 Å². The Morgan fingerprint density at radius 3 is 2.25 bits per heavy atom. The van der Waals surface area contributed by atoms with Gasteiger partial charge in [0.25, 0.3) is 0 Å². The smallest absolute Gasteiger partial charge is 0.0205 e. The summed E-state index contributed by atoms with van der Waals surface area (Å²) < 4.78 is 0. The van der Waals surface area contributed by atoms with Crippen LogP contribution in [0.15, 0.2) is 66.7 Å². The summed E-state index contributed by atoms with van der Waals surface area (Å²) >= 11 is 4.25. The zero-order valence-electron chi connectivity index (χ0n) is 13.6. The Bertz CT molecular complexity index is 1010. The van der Waals surface area contributed by atoms with Crippen LogP contribution in [-0.2, 0) is 6.54 Å². The minimum atomic E-state index is 0.916. The lowest BCUT2D eigenvalue weighted by molar-refractivity contribution is 0.680. The molecule has 0 aromatic heterocycles. The molecule has 0 fully saturated rings. The zero-order valence-corrected chi connectivity index (χ0v) is 14.5. The van der Waals surface area contributed by atoms with Gasteiger partial charge in [-0.2, -0.15) is 12.6 Å². The molecule has 0 aliphatic heterocycles. The molecular formula is C22H21NS. The second kappa shape index (κ2) is 6.84. The molecule has 0 radical (unpaired) electrons. The van der Waals surface area contributed by atoms with E-state index < -0.39 is 0 Å². The quantitative estimate of drug-likeness (QED) is 0.277. The number of nitrogens with one attached hydrogen (secondary N) is 1. The topological polar surface area (TPSA) is 12.0 Å². The summed E-state index contributed by atoms with van der Waals surface area (Å²) in [6, 6.07) is 24.4. The monoisotopic (exact) mass is 331 g/mol. The summed E-state index contributed by atoms with van der Waals surface area (Å²) in [7, 11) is 0. The Balaban J connectivity index is 1.76. The Morgan fingerprint density at radius 2 is 1.42 bits per heavy atom. The summed E-state index contributed by atoms with van der Waals surface area (Å²) in [4.78, 5) is 0. The summed E-state index contributed by atoms with van der Waals surface area (Å²) in [5.74, 6) is 0.935. The molecule has 4 aromatic rings. The van der Waals surface area contributed by atoms with Gasteiger partial charge in [0.15, 0.2) is 0 Å². The maximum atomic E-state index is 4.25. The van der Waals surface area contributed by atoms with Crippen molar-refractivity contribution in [2.24, 2.45) is 0 Å². The van der Waals surface area contributed by atoms with Crippen LogP contribution in [0.25, 0.3) is 32.3 Å². The lowest BCUT2D eigenvalue weighted by atomic mass is 9.96. The molecule has 0 aliphatic carbocycles. The number of fused-ring (bicyclic) bond motifs is 5. The summed E-state index contributed by atoms with van der Waals surface area (Å²) in [6.07, 6.45) is 1.11. The summed E-state index contributed by atoms with van der Waals surface area (Å²) in [6.45, 7) is 1.94. The van der Waals surface area contributed by atoms with Crippen LogP contribution in [0.2, 0.25) is 0 Å². The van der Waals surface area contributed by atoms with Gasteiger partial charge in [-0.15, -0.1) is 0 Å². The summed E-state index contributed by atoms with van der Waals surface area (Å²) in [5, 5.41) is 11.4. The van der Waals surface area contributed by atoms with Crippen LogP contribution in [0, 0.1) is 0 Å². The van der Waals surface area contributed by atoms with Crippen LogP contribution in [0.3, 0.4) is 0 Å². The fourth-order valence-electron chi connectivity index (χ4n) is 3.43. The highest BCUT2D eigenvalue weighted by Gasteiger charge is 2.05. The molecule has 4 aromatic carbocycles. The largest absolute Gasteiger partial charge is 0.313 e. The van der Waals surface area contributed by atoms with Crippen molar-refractivity contribution >= 4 is 44.9 Å². The highest BCUT2D eigenvalue weighted by Crippen LogP contribution is 2.31. The Labute approximate surface area is 148 Å². The fourth-order valence-corrected chi connectivity index (χ4v) is 3.58. The highest BCUT2D eigenvalue weighted by atomic mass is 32.1. The molecule has 0 saturated heterocycles. The van der Waals surface area contributed by atoms with E-state index >= 15 is 0 Å². The normalized spacial score (nSPS) is 11.5. The van der Waals surface area contributed by atoms with E-state index in [1.807, 2.05) is 0 Å². The first-order chi connectivity index (χ1) is 11.9. The molecule has 1 nitrogen and oxygen atoms in total. The first-order valence-electron chi connectivity index (χ1n) is 8.51. The van der Waals surface area contributed by atoms with Crippen molar-refractivity contribution in [3.05, 3.63) is 72.3 Å². The van der Waals surface area contributed by atoms with Crippen LogP contribution in [-0.4, -0.2) is 12.3 Å². The van der Waals surface area contributed by atoms with Gasteiger partial charge < -0.3 is 5.32 Å². The standard InChI is InChI=1S/C22H21NS/c24-13-3-12-23-15-16-6-9-20-18(14-16)8-11-21-19-5-2-1-4-17(19)7-10-22(20)21/h1-2,4-11,14,23-24H,3,12-13,15H2. The average Bonchev–Trinajstić information content (AvgIpc) is 2.64. The molecule has 1 N–H and O–H groups in total. The van der Waals surface area contributed by atoms with Gasteiger partial charge in [-0.05, 0) is 62.7 Å². The van der Waals surface area contributed by atoms with E-state index in [9.17, 15) is 0 Å². The molecule has 0 saturated carbocycles. The van der Waals surface area contributed by atoms with Crippen molar-refractivity contribution in [1.82, 2.24) is 5.32 Å². The van der Waals surface area contributed by atoms with Crippen molar-refractivity contribution in [2.75, 3.05) is 12.3 Å². The van der Waals surface area contributed by atoms with Gasteiger partial charge in [-0.1, -0.05) is 60.7 Å². The number of hydrogen-bond donors (Lipinski definition) is 2.